The second-order valence-electron chi connectivity index (χ2n) is 7.14. The van der Waals surface area contributed by atoms with E-state index in [1.807, 2.05) is 26.0 Å². The van der Waals surface area contributed by atoms with Gasteiger partial charge >= 0.3 is 0 Å². The molecule has 0 aliphatic rings. The van der Waals surface area contributed by atoms with Gasteiger partial charge in [0.15, 0.2) is 5.65 Å². The molecule has 0 aliphatic carbocycles. The number of aryl methyl sites for hydroxylation is 1. The van der Waals surface area contributed by atoms with Gasteiger partial charge in [0, 0.05) is 11.9 Å². The van der Waals surface area contributed by atoms with Gasteiger partial charge < -0.3 is 15.2 Å². The van der Waals surface area contributed by atoms with Crippen molar-refractivity contribution in [3.05, 3.63) is 87.8 Å². The zero-order valence-electron chi connectivity index (χ0n) is 17.3. The van der Waals surface area contributed by atoms with E-state index in [4.69, 9.17) is 4.74 Å². The Hall–Kier alpha value is -4.13. The number of aromatic hydroxyl groups is 1. The van der Waals surface area contributed by atoms with E-state index in [1.54, 1.807) is 49.6 Å². The first-order chi connectivity index (χ1) is 14.9. The lowest BCUT2D eigenvalue weighted by Gasteiger charge is -2.15. The van der Waals surface area contributed by atoms with Gasteiger partial charge in [0.1, 0.15) is 17.1 Å². The lowest BCUT2D eigenvalue weighted by Crippen LogP contribution is -2.29. The summed E-state index contributed by atoms with van der Waals surface area (Å²) in [4.78, 5) is 30.8. The molecule has 2 N–H and O–H groups in total. The molecule has 1 amide bonds. The van der Waals surface area contributed by atoms with Crippen molar-refractivity contribution in [1.82, 2.24) is 9.55 Å². The van der Waals surface area contributed by atoms with Gasteiger partial charge in [-0.05, 0) is 67.4 Å². The number of amides is 1. The fourth-order valence-corrected chi connectivity index (χ4v) is 3.45. The van der Waals surface area contributed by atoms with Crippen LogP contribution in [0.25, 0.3) is 16.7 Å². The van der Waals surface area contributed by atoms with Gasteiger partial charge in [0.2, 0.25) is 0 Å². The molecule has 0 fully saturated rings. The van der Waals surface area contributed by atoms with Gasteiger partial charge in [0.25, 0.3) is 11.5 Å². The van der Waals surface area contributed by atoms with Crippen molar-refractivity contribution in [1.29, 1.82) is 0 Å². The van der Waals surface area contributed by atoms with Crippen molar-refractivity contribution >= 4 is 22.6 Å². The van der Waals surface area contributed by atoms with E-state index in [0.29, 0.717) is 22.5 Å². The van der Waals surface area contributed by atoms with Crippen molar-refractivity contribution in [2.45, 2.75) is 13.8 Å². The van der Waals surface area contributed by atoms with Crippen LogP contribution in [0.5, 0.6) is 11.5 Å². The summed E-state index contributed by atoms with van der Waals surface area (Å²) in [6, 6.07) is 15.6. The molecule has 0 aliphatic heterocycles. The number of nitrogens with one attached hydrogen (secondary N) is 1. The lowest BCUT2D eigenvalue weighted by atomic mass is 10.1. The number of hydrogen-bond donors (Lipinski definition) is 2. The maximum Gasteiger partial charge on any atom is 0.273 e. The zero-order valence-corrected chi connectivity index (χ0v) is 17.3. The highest BCUT2D eigenvalue weighted by Gasteiger charge is 2.24. The van der Waals surface area contributed by atoms with E-state index in [0.717, 1.165) is 11.1 Å². The Kier molecular flexibility index (Phi) is 5.17. The molecule has 0 unspecified atom stereocenters. The molecule has 2 aromatic carbocycles. The molecule has 0 spiro atoms. The maximum absolute atomic E-state index is 13.4. The Morgan fingerprint density at radius 3 is 2.52 bits per heavy atom. The smallest absolute Gasteiger partial charge is 0.273 e. The fourth-order valence-electron chi connectivity index (χ4n) is 3.45. The number of carbonyl (C=O) groups is 1. The van der Waals surface area contributed by atoms with Crippen molar-refractivity contribution in [3.8, 4) is 17.2 Å². The van der Waals surface area contributed by atoms with Crippen molar-refractivity contribution in [3.63, 3.8) is 0 Å². The molecule has 0 saturated carbocycles. The molecule has 2 aromatic heterocycles. The number of hydrogen-bond acceptors (Lipinski definition) is 5. The van der Waals surface area contributed by atoms with Gasteiger partial charge in [0.05, 0.1) is 18.2 Å². The van der Waals surface area contributed by atoms with E-state index < -0.39 is 17.2 Å². The van der Waals surface area contributed by atoms with Gasteiger partial charge in [-0.3, -0.25) is 14.2 Å². The molecule has 4 rings (SSSR count). The van der Waals surface area contributed by atoms with Crippen LogP contribution in [0.15, 0.2) is 65.6 Å². The molecular formula is C24H21N3O4. The topological polar surface area (TPSA) is 93.5 Å². The number of nitrogens with zero attached hydrogens (tertiary/aromatic N) is 2. The monoisotopic (exact) mass is 415 g/mol. The van der Waals surface area contributed by atoms with Crippen molar-refractivity contribution in [2.24, 2.45) is 0 Å². The van der Waals surface area contributed by atoms with Crippen LogP contribution in [-0.4, -0.2) is 27.7 Å². The first kappa shape index (κ1) is 20.2. The van der Waals surface area contributed by atoms with Gasteiger partial charge in [-0.1, -0.05) is 12.1 Å². The second kappa shape index (κ2) is 7.95. The van der Waals surface area contributed by atoms with Crippen LogP contribution in [0.1, 0.15) is 21.5 Å². The SMILES string of the molecule is COc1ccc(-n2c(=O)c(C(=O)Nc3cccc(C)c3C)c(O)c3cccnc32)cc1. The second-order valence-corrected chi connectivity index (χ2v) is 7.14. The number of fused-ring (bicyclic) bond motifs is 1. The minimum absolute atomic E-state index is 0.249. The van der Waals surface area contributed by atoms with E-state index in [9.17, 15) is 14.7 Å². The zero-order chi connectivity index (χ0) is 22.1. The Bertz CT molecular complexity index is 1360. The minimum Gasteiger partial charge on any atom is -0.506 e. The van der Waals surface area contributed by atoms with Crippen LogP contribution in [0, 0.1) is 13.8 Å². The summed E-state index contributed by atoms with van der Waals surface area (Å²) in [7, 11) is 1.55. The van der Waals surface area contributed by atoms with Crippen LogP contribution in [0.3, 0.4) is 0 Å². The standard InChI is InChI=1S/C24H21N3O4/c1-14-6-4-8-19(15(14)2)26-23(29)20-21(28)18-7-5-13-25-22(18)27(24(20)30)16-9-11-17(31-3)12-10-16/h4-13,28H,1-3H3,(H,26,29). The predicted octanol–water partition coefficient (Wildman–Crippen LogP) is 3.97. The van der Waals surface area contributed by atoms with Gasteiger partial charge in [-0.2, -0.15) is 0 Å². The molecule has 0 bridgehead atoms. The first-order valence-corrected chi connectivity index (χ1v) is 9.67. The normalized spacial score (nSPS) is 10.8. The molecule has 7 nitrogen and oxygen atoms in total. The van der Waals surface area contributed by atoms with E-state index in [-0.39, 0.29) is 11.2 Å². The Labute approximate surface area is 178 Å². The molecule has 31 heavy (non-hydrogen) atoms. The number of carbonyl (C=O) groups excluding carboxylic acids is 1. The van der Waals surface area contributed by atoms with Crippen LogP contribution >= 0.6 is 0 Å². The summed E-state index contributed by atoms with van der Waals surface area (Å²) < 4.78 is 6.50. The Balaban J connectivity index is 1.92. The van der Waals surface area contributed by atoms with Crippen LogP contribution in [-0.2, 0) is 0 Å². The van der Waals surface area contributed by atoms with E-state index >= 15 is 0 Å². The number of methoxy groups -OCH3 is 1. The van der Waals surface area contributed by atoms with Gasteiger partial charge in [-0.15, -0.1) is 0 Å². The summed E-state index contributed by atoms with van der Waals surface area (Å²) >= 11 is 0. The highest BCUT2D eigenvalue weighted by molar-refractivity contribution is 6.09. The van der Waals surface area contributed by atoms with Crippen LogP contribution in [0.4, 0.5) is 5.69 Å². The molecule has 0 atom stereocenters. The van der Waals surface area contributed by atoms with Gasteiger partial charge in [-0.25, -0.2) is 4.98 Å². The number of benzene rings is 2. The Morgan fingerprint density at radius 2 is 1.81 bits per heavy atom. The van der Waals surface area contributed by atoms with Crippen molar-refractivity contribution < 1.29 is 14.6 Å². The molecular weight excluding hydrogens is 394 g/mol. The molecule has 4 aromatic rings. The van der Waals surface area contributed by atoms with E-state index in [2.05, 4.69) is 10.3 Å². The highest BCUT2D eigenvalue weighted by Crippen LogP contribution is 2.28. The lowest BCUT2D eigenvalue weighted by molar-refractivity contribution is 0.102. The predicted molar refractivity (Wildman–Crippen MR) is 119 cm³/mol. The molecule has 0 saturated heterocycles. The average Bonchev–Trinajstić information content (AvgIpc) is 2.77. The largest absolute Gasteiger partial charge is 0.506 e. The fraction of sp³-hybridized carbons (Fsp3) is 0.125. The third-order valence-electron chi connectivity index (χ3n) is 5.32. The molecule has 2 heterocycles. The average molecular weight is 415 g/mol. The number of rotatable bonds is 4. The summed E-state index contributed by atoms with van der Waals surface area (Å²) in [5, 5.41) is 13.9. The minimum atomic E-state index is -0.691. The number of pyridine rings is 2. The maximum atomic E-state index is 13.4. The summed E-state index contributed by atoms with van der Waals surface area (Å²) in [5.74, 6) is -0.467. The molecule has 0 radical (unpaired) electrons. The number of aromatic nitrogens is 2. The third-order valence-corrected chi connectivity index (χ3v) is 5.32. The Morgan fingerprint density at radius 1 is 1.06 bits per heavy atom. The van der Waals surface area contributed by atoms with Crippen LogP contribution < -0.4 is 15.6 Å². The third kappa shape index (κ3) is 3.50. The summed E-state index contributed by atoms with van der Waals surface area (Å²) in [6.45, 7) is 3.81. The van der Waals surface area contributed by atoms with Crippen LogP contribution in [0.2, 0.25) is 0 Å². The highest BCUT2D eigenvalue weighted by atomic mass is 16.5. The van der Waals surface area contributed by atoms with Crippen molar-refractivity contribution in [2.75, 3.05) is 12.4 Å². The summed E-state index contributed by atoms with van der Waals surface area (Å²) in [5.41, 5.74) is 2.18. The summed E-state index contributed by atoms with van der Waals surface area (Å²) in [6.07, 6.45) is 1.52. The first-order valence-electron chi connectivity index (χ1n) is 9.67. The molecule has 7 heteroatoms. The van der Waals surface area contributed by atoms with E-state index in [1.165, 1.54) is 10.8 Å². The molecule has 156 valence electrons. The number of ether oxygens (including phenoxy) is 1. The quantitative estimate of drug-likeness (QED) is 0.526. The number of anilines is 1.